The fraction of sp³-hybridized carbons (Fsp3) is 0.852. The zero-order valence-electron chi connectivity index (χ0n) is 23.8. The molecule has 1 aromatic rings. The lowest BCUT2D eigenvalue weighted by atomic mass is 10.0. The van der Waals surface area contributed by atoms with E-state index in [0.717, 1.165) is 29.7 Å². The van der Waals surface area contributed by atoms with Gasteiger partial charge in [0.25, 0.3) is 5.56 Å². The number of hydrogen-bond donors (Lipinski definition) is 4. The van der Waals surface area contributed by atoms with Crippen LogP contribution < -0.4 is 11.2 Å². The van der Waals surface area contributed by atoms with E-state index in [1.807, 2.05) is 0 Å². The first kappa shape index (κ1) is 34.8. The number of H-pyrrole nitrogens is 1. The second-order valence-electron chi connectivity index (χ2n) is 10.4. The number of nitrogens with zero attached hydrogens (tertiary/aromatic N) is 1. The molecule has 0 radical (unpaired) electrons. The van der Waals surface area contributed by atoms with Gasteiger partial charge in [0.2, 0.25) is 0 Å². The average Bonchev–Trinajstić information content (AvgIpc) is 3.23. The van der Waals surface area contributed by atoms with E-state index >= 15 is 0 Å². The standard InChI is InChI=1S/C27H49N2O10P/c1-2-3-4-5-6-7-8-9-10-11-12-13-14-15-18-36-19-20-37-24-22(21-30)38-26(25(24)39-40(33,34)35)29-17-16-23(31)28-27(29)32/h16-17,22,24-26,30H,2-15,18-21H2,1H3,(H,28,31,32)(H2,33,34,35)/t22-,24-,25-,26-/m1/s1. The van der Waals surface area contributed by atoms with Crippen molar-refractivity contribution in [2.24, 2.45) is 0 Å². The van der Waals surface area contributed by atoms with Gasteiger partial charge in [0.05, 0.1) is 19.8 Å². The van der Waals surface area contributed by atoms with Gasteiger partial charge < -0.3 is 29.1 Å². The van der Waals surface area contributed by atoms with Crippen LogP contribution in [-0.4, -0.2) is 69.2 Å². The highest BCUT2D eigenvalue weighted by Crippen LogP contribution is 2.45. The first-order chi connectivity index (χ1) is 19.3. The maximum Gasteiger partial charge on any atom is 0.470 e. The molecule has 40 heavy (non-hydrogen) atoms. The molecular weight excluding hydrogens is 543 g/mol. The molecule has 2 rings (SSSR count). The van der Waals surface area contributed by atoms with Crippen LogP contribution in [0, 0.1) is 0 Å². The number of aliphatic hydroxyl groups excluding tert-OH is 1. The summed E-state index contributed by atoms with van der Waals surface area (Å²) in [5.41, 5.74) is -1.50. The highest BCUT2D eigenvalue weighted by atomic mass is 31.2. The van der Waals surface area contributed by atoms with Crippen molar-refractivity contribution in [3.8, 4) is 0 Å². The molecule has 0 aromatic carbocycles. The van der Waals surface area contributed by atoms with Gasteiger partial charge in [0.15, 0.2) is 6.23 Å². The summed E-state index contributed by atoms with van der Waals surface area (Å²) in [6, 6.07) is 1.06. The summed E-state index contributed by atoms with van der Waals surface area (Å²) in [4.78, 5) is 44.5. The molecule has 4 atom stereocenters. The Kier molecular flexibility index (Phi) is 17.2. The van der Waals surface area contributed by atoms with Gasteiger partial charge >= 0.3 is 13.5 Å². The topological polar surface area (TPSA) is 170 Å². The molecule has 4 N–H and O–H groups in total. The van der Waals surface area contributed by atoms with Gasteiger partial charge in [-0.05, 0) is 6.42 Å². The predicted molar refractivity (Wildman–Crippen MR) is 150 cm³/mol. The van der Waals surface area contributed by atoms with Gasteiger partial charge in [-0.3, -0.25) is 18.9 Å². The third-order valence-corrected chi connectivity index (χ3v) is 7.55. The zero-order valence-corrected chi connectivity index (χ0v) is 24.7. The number of aromatic nitrogens is 2. The van der Waals surface area contributed by atoms with Crippen LogP contribution in [0.4, 0.5) is 0 Å². The van der Waals surface area contributed by atoms with E-state index in [-0.39, 0.29) is 13.2 Å². The second kappa shape index (κ2) is 19.7. The van der Waals surface area contributed by atoms with Gasteiger partial charge in [0, 0.05) is 18.9 Å². The molecule has 13 heteroatoms. The number of aromatic amines is 1. The Balaban J connectivity index is 1.62. The maximum absolute atomic E-state index is 12.2. The van der Waals surface area contributed by atoms with Crippen LogP contribution in [0.15, 0.2) is 21.9 Å². The molecule has 0 aliphatic carbocycles. The first-order valence-corrected chi connectivity index (χ1v) is 16.3. The molecule has 0 unspecified atom stereocenters. The number of unbranched alkanes of at least 4 members (excludes halogenated alkanes) is 13. The molecular formula is C27H49N2O10P. The third-order valence-electron chi connectivity index (χ3n) is 7.03. The number of phosphoric acid groups is 1. The molecule has 0 amide bonds. The average molecular weight is 593 g/mol. The Morgan fingerprint density at radius 3 is 1.98 bits per heavy atom. The van der Waals surface area contributed by atoms with Crippen molar-refractivity contribution in [1.29, 1.82) is 0 Å². The smallest absolute Gasteiger partial charge is 0.394 e. The van der Waals surface area contributed by atoms with Crippen molar-refractivity contribution in [3.05, 3.63) is 33.1 Å². The van der Waals surface area contributed by atoms with Crippen LogP contribution in [0.1, 0.15) is 103 Å². The number of nitrogens with one attached hydrogen (secondary N) is 1. The van der Waals surface area contributed by atoms with Gasteiger partial charge in [-0.25, -0.2) is 9.36 Å². The summed E-state index contributed by atoms with van der Waals surface area (Å²) in [6.07, 6.45) is 14.2. The molecule has 12 nitrogen and oxygen atoms in total. The number of rotatable bonds is 23. The quantitative estimate of drug-likeness (QED) is 0.108. The number of ether oxygens (including phenoxy) is 3. The van der Waals surface area contributed by atoms with E-state index in [1.165, 1.54) is 77.0 Å². The summed E-state index contributed by atoms with van der Waals surface area (Å²) in [5, 5.41) is 9.75. The van der Waals surface area contributed by atoms with Crippen molar-refractivity contribution < 1.29 is 38.2 Å². The number of aliphatic hydroxyl groups is 1. The van der Waals surface area contributed by atoms with E-state index in [9.17, 15) is 29.0 Å². The molecule has 232 valence electrons. The first-order valence-electron chi connectivity index (χ1n) is 14.8. The summed E-state index contributed by atoms with van der Waals surface area (Å²) >= 11 is 0. The second-order valence-corrected chi connectivity index (χ2v) is 11.6. The van der Waals surface area contributed by atoms with Crippen LogP contribution in [0.2, 0.25) is 0 Å². The summed E-state index contributed by atoms with van der Waals surface area (Å²) in [5.74, 6) is 0. The van der Waals surface area contributed by atoms with Crippen LogP contribution >= 0.6 is 7.82 Å². The van der Waals surface area contributed by atoms with Gasteiger partial charge in [0.1, 0.15) is 18.3 Å². The Labute approximate surface area is 236 Å². The molecule has 1 aliphatic heterocycles. The SMILES string of the molecule is CCCCCCCCCCCCCCCCOCCO[C@H]1[C@@H](OP(=O)(O)O)[C@H](n2ccc(=O)[nH]c2=O)O[C@@H]1CO. The molecule has 1 aliphatic rings. The van der Waals surface area contributed by atoms with E-state index in [2.05, 4.69) is 11.9 Å². The highest BCUT2D eigenvalue weighted by molar-refractivity contribution is 7.46. The van der Waals surface area contributed by atoms with Gasteiger partial charge in [-0.15, -0.1) is 0 Å². The fourth-order valence-corrected chi connectivity index (χ4v) is 5.46. The molecule has 0 saturated carbocycles. The van der Waals surface area contributed by atoms with E-state index < -0.39 is 50.2 Å². The van der Waals surface area contributed by atoms with Crippen molar-refractivity contribution in [3.63, 3.8) is 0 Å². The normalized spacial score (nSPS) is 21.3. The Hall–Kier alpha value is -1.37. The summed E-state index contributed by atoms with van der Waals surface area (Å²) in [6.45, 7) is 2.58. The molecule has 1 saturated heterocycles. The zero-order chi connectivity index (χ0) is 29.2. The maximum atomic E-state index is 12.2. The lowest BCUT2D eigenvalue weighted by Gasteiger charge is -2.25. The predicted octanol–water partition coefficient (Wildman–Crippen LogP) is 3.79. The molecule has 0 spiro atoms. The number of phosphoric ester groups is 1. The minimum Gasteiger partial charge on any atom is -0.394 e. The van der Waals surface area contributed by atoms with Crippen molar-refractivity contribution in [2.75, 3.05) is 26.4 Å². The van der Waals surface area contributed by atoms with E-state index in [4.69, 9.17) is 18.7 Å². The third kappa shape index (κ3) is 13.5. The van der Waals surface area contributed by atoms with Crippen LogP contribution in [0.3, 0.4) is 0 Å². The molecule has 0 bridgehead atoms. The fourth-order valence-electron chi connectivity index (χ4n) is 4.92. The lowest BCUT2D eigenvalue weighted by molar-refractivity contribution is -0.0711. The monoisotopic (exact) mass is 592 g/mol. The Bertz CT molecular complexity index is 965. The molecule has 1 aromatic heterocycles. The van der Waals surface area contributed by atoms with Gasteiger partial charge in [-0.1, -0.05) is 90.4 Å². The van der Waals surface area contributed by atoms with Crippen molar-refractivity contribution in [1.82, 2.24) is 9.55 Å². The molecule has 2 heterocycles. The summed E-state index contributed by atoms with van der Waals surface area (Å²) < 4.78 is 34.4. The van der Waals surface area contributed by atoms with E-state index in [1.54, 1.807) is 0 Å². The molecule has 1 fully saturated rings. The highest BCUT2D eigenvalue weighted by Gasteiger charge is 2.50. The Morgan fingerprint density at radius 1 is 0.875 bits per heavy atom. The van der Waals surface area contributed by atoms with Crippen LogP contribution in [-0.2, 0) is 23.3 Å². The van der Waals surface area contributed by atoms with Crippen molar-refractivity contribution in [2.45, 2.75) is 121 Å². The number of hydrogen-bond acceptors (Lipinski definition) is 8. The minimum atomic E-state index is -5.01. The van der Waals surface area contributed by atoms with Crippen LogP contribution in [0.25, 0.3) is 0 Å². The summed E-state index contributed by atoms with van der Waals surface area (Å²) in [7, 11) is -5.01. The Morgan fingerprint density at radius 2 is 1.45 bits per heavy atom. The van der Waals surface area contributed by atoms with Gasteiger partial charge in [-0.2, -0.15) is 0 Å². The van der Waals surface area contributed by atoms with Crippen LogP contribution in [0.5, 0.6) is 0 Å². The lowest BCUT2D eigenvalue weighted by Crippen LogP contribution is -2.40. The minimum absolute atomic E-state index is 0.0669. The van der Waals surface area contributed by atoms with Crippen molar-refractivity contribution >= 4 is 7.82 Å². The largest absolute Gasteiger partial charge is 0.470 e. The van der Waals surface area contributed by atoms with E-state index in [0.29, 0.717) is 6.61 Å².